The number of rotatable bonds is 2. The fourth-order valence-corrected chi connectivity index (χ4v) is 2.78. The van der Waals surface area contributed by atoms with Crippen molar-refractivity contribution in [3.8, 4) is 22.3 Å². The van der Waals surface area contributed by atoms with Crippen LogP contribution in [0.5, 0.6) is 0 Å². The molecule has 0 atom stereocenters. The number of aromatic amines is 1. The minimum atomic E-state index is 0.766. The summed E-state index contributed by atoms with van der Waals surface area (Å²) in [5.41, 5.74) is 13.0. The molecule has 0 aliphatic rings. The van der Waals surface area contributed by atoms with Gasteiger partial charge in [-0.2, -0.15) is 0 Å². The number of H-pyrrole nitrogens is 1. The third kappa shape index (κ3) is 1.93. The monoisotopic (exact) mass is 286 g/mol. The van der Waals surface area contributed by atoms with Crippen LogP contribution in [0.4, 0.5) is 5.69 Å². The SMILES string of the molecule is Nc1ccccc1-c1ccccc1-c1cccc2[nH]nnc12. The Morgan fingerprint density at radius 2 is 1.32 bits per heavy atom. The number of hydrogen-bond acceptors (Lipinski definition) is 3. The average Bonchev–Trinajstić information content (AvgIpc) is 3.04. The molecule has 0 saturated carbocycles. The number of nitrogens with zero attached hydrogens (tertiary/aromatic N) is 2. The fraction of sp³-hybridized carbons (Fsp3) is 0. The van der Waals surface area contributed by atoms with Crippen molar-refractivity contribution in [2.45, 2.75) is 0 Å². The zero-order chi connectivity index (χ0) is 14.9. The summed E-state index contributed by atoms with van der Waals surface area (Å²) in [4.78, 5) is 0. The van der Waals surface area contributed by atoms with Gasteiger partial charge in [0, 0.05) is 16.8 Å². The molecule has 0 aliphatic heterocycles. The molecule has 3 aromatic carbocycles. The molecule has 4 nitrogen and oxygen atoms in total. The molecule has 0 aliphatic carbocycles. The number of nitrogens with two attached hydrogens (primary N) is 1. The van der Waals surface area contributed by atoms with E-state index in [0.29, 0.717) is 0 Å². The van der Waals surface area contributed by atoms with Crippen molar-refractivity contribution in [2.75, 3.05) is 5.73 Å². The highest BCUT2D eigenvalue weighted by Crippen LogP contribution is 2.36. The topological polar surface area (TPSA) is 67.6 Å². The Labute approximate surface area is 127 Å². The molecule has 0 bridgehead atoms. The maximum atomic E-state index is 6.16. The first-order valence-corrected chi connectivity index (χ1v) is 7.08. The predicted molar refractivity (Wildman–Crippen MR) is 89.2 cm³/mol. The van der Waals surface area contributed by atoms with E-state index in [-0.39, 0.29) is 0 Å². The molecule has 4 heteroatoms. The van der Waals surface area contributed by atoms with Crippen molar-refractivity contribution in [3.05, 3.63) is 66.7 Å². The highest BCUT2D eigenvalue weighted by atomic mass is 15.3. The smallest absolute Gasteiger partial charge is 0.120 e. The number of hydrogen-bond donors (Lipinski definition) is 2. The summed E-state index contributed by atoms with van der Waals surface area (Å²) in [6, 6.07) is 22.2. The van der Waals surface area contributed by atoms with Crippen LogP contribution >= 0.6 is 0 Å². The first-order chi connectivity index (χ1) is 10.8. The summed E-state index contributed by atoms with van der Waals surface area (Å²) in [6.07, 6.45) is 0. The summed E-state index contributed by atoms with van der Waals surface area (Å²) in [7, 11) is 0. The van der Waals surface area contributed by atoms with Gasteiger partial charge in [-0.15, -0.1) is 5.10 Å². The van der Waals surface area contributed by atoms with Gasteiger partial charge in [0.25, 0.3) is 0 Å². The lowest BCUT2D eigenvalue weighted by Crippen LogP contribution is -1.92. The van der Waals surface area contributed by atoms with Crippen LogP contribution in [0.3, 0.4) is 0 Å². The Balaban J connectivity index is 2.02. The first-order valence-electron chi connectivity index (χ1n) is 7.08. The zero-order valence-corrected chi connectivity index (χ0v) is 11.8. The highest BCUT2D eigenvalue weighted by molar-refractivity contribution is 5.98. The van der Waals surface area contributed by atoms with Gasteiger partial charge in [0.2, 0.25) is 0 Å². The second-order valence-corrected chi connectivity index (χ2v) is 5.15. The number of nitrogens with one attached hydrogen (secondary N) is 1. The van der Waals surface area contributed by atoms with Crippen molar-refractivity contribution in [1.82, 2.24) is 15.4 Å². The molecule has 0 spiro atoms. The summed E-state index contributed by atoms with van der Waals surface area (Å²) in [6.45, 7) is 0. The number of aromatic nitrogens is 3. The maximum Gasteiger partial charge on any atom is 0.120 e. The maximum absolute atomic E-state index is 6.16. The molecule has 4 aromatic rings. The Hall–Kier alpha value is -3.14. The molecule has 1 heterocycles. The van der Waals surface area contributed by atoms with Gasteiger partial charge in [0.05, 0.1) is 5.52 Å². The number of nitrogen functional groups attached to an aromatic ring is 1. The Morgan fingerprint density at radius 1 is 0.682 bits per heavy atom. The van der Waals surface area contributed by atoms with E-state index in [1.54, 1.807) is 0 Å². The van der Waals surface area contributed by atoms with Crippen LogP contribution in [-0.4, -0.2) is 15.4 Å². The minimum absolute atomic E-state index is 0.766. The lowest BCUT2D eigenvalue weighted by Gasteiger charge is -2.12. The largest absolute Gasteiger partial charge is 0.398 e. The fourth-order valence-electron chi connectivity index (χ4n) is 2.78. The normalized spacial score (nSPS) is 10.9. The van der Waals surface area contributed by atoms with Crippen molar-refractivity contribution in [1.29, 1.82) is 0 Å². The van der Waals surface area contributed by atoms with E-state index in [9.17, 15) is 0 Å². The van der Waals surface area contributed by atoms with E-state index in [0.717, 1.165) is 39.0 Å². The molecule has 0 fully saturated rings. The van der Waals surface area contributed by atoms with Gasteiger partial charge in [-0.05, 0) is 23.3 Å². The lowest BCUT2D eigenvalue weighted by atomic mass is 9.93. The molecular formula is C18H14N4. The number of fused-ring (bicyclic) bond motifs is 1. The summed E-state index contributed by atoms with van der Waals surface area (Å²) < 4.78 is 0. The molecule has 3 N–H and O–H groups in total. The number of para-hydroxylation sites is 1. The Morgan fingerprint density at radius 3 is 2.09 bits per heavy atom. The van der Waals surface area contributed by atoms with Gasteiger partial charge < -0.3 is 5.73 Å². The van der Waals surface area contributed by atoms with Crippen molar-refractivity contribution >= 4 is 16.7 Å². The lowest BCUT2D eigenvalue weighted by molar-refractivity contribution is 0.959. The van der Waals surface area contributed by atoms with Gasteiger partial charge in [-0.25, -0.2) is 0 Å². The second-order valence-electron chi connectivity index (χ2n) is 5.15. The second kappa shape index (κ2) is 5.00. The van der Waals surface area contributed by atoms with Crippen molar-refractivity contribution < 1.29 is 0 Å². The van der Waals surface area contributed by atoms with Gasteiger partial charge >= 0.3 is 0 Å². The Kier molecular flexibility index (Phi) is 2.86. The minimum Gasteiger partial charge on any atom is -0.398 e. The van der Waals surface area contributed by atoms with Gasteiger partial charge in [0.15, 0.2) is 0 Å². The molecule has 1 aromatic heterocycles. The van der Waals surface area contributed by atoms with Crippen LogP contribution < -0.4 is 5.73 Å². The van der Waals surface area contributed by atoms with Crippen LogP contribution in [-0.2, 0) is 0 Å². The molecule has 0 unspecified atom stereocenters. The summed E-state index contributed by atoms with van der Waals surface area (Å²) >= 11 is 0. The van der Waals surface area contributed by atoms with Crippen LogP contribution in [0.1, 0.15) is 0 Å². The number of benzene rings is 3. The van der Waals surface area contributed by atoms with E-state index >= 15 is 0 Å². The Bertz CT molecular complexity index is 956. The van der Waals surface area contributed by atoms with E-state index in [2.05, 4.69) is 33.6 Å². The van der Waals surface area contributed by atoms with Crippen LogP contribution in [0, 0.1) is 0 Å². The molecule has 0 amide bonds. The molecule has 4 rings (SSSR count). The zero-order valence-electron chi connectivity index (χ0n) is 11.8. The standard InChI is InChI=1S/C18H14N4/c19-16-10-4-3-8-14(16)12-6-1-2-7-13(12)15-9-5-11-17-18(15)21-22-20-17/h1-11H,19H2,(H,20,21,22). The van der Waals surface area contributed by atoms with E-state index in [1.165, 1.54) is 0 Å². The van der Waals surface area contributed by atoms with Crippen LogP contribution in [0.2, 0.25) is 0 Å². The van der Waals surface area contributed by atoms with Crippen LogP contribution in [0.15, 0.2) is 66.7 Å². The number of anilines is 1. The van der Waals surface area contributed by atoms with Crippen molar-refractivity contribution in [3.63, 3.8) is 0 Å². The summed E-state index contributed by atoms with van der Waals surface area (Å²) in [5.74, 6) is 0. The van der Waals surface area contributed by atoms with Gasteiger partial charge in [0.1, 0.15) is 5.52 Å². The first kappa shape index (κ1) is 12.6. The van der Waals surface area contributed by atoms with Gasteiger partial charge in [-0.3, -0.25) is 5.10 Å². The predicted octanol–water partition coefficient (Wildman–Crippen LogP) is 3.87. The molecule has 22 heavy (non-hydrogen) atoms. The third-order valence-corrected chi connectivity index (χ3v) is 3.82. The summed E-state index contributed by atoms with van der Waals surface area (Å²) in [5, 5.41) is 11.0. The quantitative estimate of drug-likeness (QED) is 0.550. The van der Waals surface area contributed by atoms with Crippen molar-refractivity contribution in [2.24, 2.45) is 0 Å². The van der Waals surface area contributed by atoms with E-state index in [4.69, 9.17) is 5.73 Å². The highest BCUT2D eigenvalue weighted by Gasteiger charge is 2.12. The molecule has 0 radical (unpaired) electrons. The molecular weight excluding hydrogens is 272 g/mol. The molecule has 0 saturated heterocycles. The average molecular weight is 286 g/mol. The van der Waals surface area contributed by atoms with Crippen LogP contribution in [0.25, 0.3) is 33.3 Å². The van der Waals surface area contributed by atoms with E-state index in [1.807, 2.05) is 48.5 Å². The van der Waals surface area contributed by atoms with E-state index < -0.39 is 0 Å². The third-order valence-electron chi connectivity index (χ3n) is 3.82. The molecule has 106 valence electrons. The van der Waals surface area contributed by atoms with Gasteiger partial charge in [-0.1, -0.05) is 59.8 Å².